The lowest BCUT2D eigenvalue weighted by Gasteiger charge is -2.28. The van der Waals surface area contributed by atoms with Gasteiger partial charge in [-0.3, -0.25) is 4.79 Å². The Balaban J connectivity index is 1.66. The SMILES string of the molecule is CN1CCC(C(=O)NCc2cccnc2Oc2cccc(C(F)(F)F)c2)CC1. The van der Waals surface area contributed by atoms with Crippen LogP contribution >= 0.6 is 0 Å². The van der Waals surface area contributed by atoms with Crippen molar-refractivity contribution in [2.45, 2.75) is 25.6 Å². The first kappa shape index (κ1) is 20.1. The second kappa shape index (κ2) is 8.60. The summed E-state index contributed by atoms with van der Waals surface area (Å²) in [5.41, 5.74) is -0.195. The summed E-state index contributed by atoms with van der Waals surface area (Å²) in [5.74, 6) is 0.157. The quantitative estimate of drug-likeness (QED) is 0.839. The van der Waals surface area contributed by atoms with Gasteiger partial charge in [0.15, 0.2) is 0 Å². The molecule has 2 aromatic rings. The fourth-order valence-electron chi connectivity index (χ4n) is 3.10. The number of benzene rings is 1. The van der Waals surface area contributed by atoms with Crippen molar-refractivity contribution in [2.75, 3.05) is 20.1 Å². The maximum absolute atomic E-state index is 12.9. The summed E-state index contributed by atoms with van der Waals surface area (Å²) in [6.07, 6.45) is -1.34. The van der Waals surface area contributed by atoms with E-state index in [4.69, 9.17) is 4.74 Å². The highest BCUT2D eigenvalue weighted by molar-refractivity contribution is 5.78. The number of amides is 1. The topological polar surface area (TPSA) is 54.5 Å². The minimum absolute atomic E-state index is 0.0260. The van der Waals surface area contributed by atoms with Gasteiger partial charge in [-0.1, -0.05) is 12.1 Å². The van der Waals surface area contributed by atoms with Crippen LogP contribution in [0, 0.1) is 5.92 Å². The van der Waals surface area contributed by atoms with Gasteiger partial charge in [0.1, 0.15) is 5.75 Å². The zero-order valence-corrected chi connectivity index (χ0v) is 15.5. The predicted molar refractivity (Wildman–Crippen MR) is 97.8 cm³/mol. The van der Waals surface area contributed by atoms with Gasteiger partial charge in [-0.25, -0.2) is 4.98 Å². The maximum Gasteiger partial charge on any atom is 0.416 e. The van der Waals surface area contributed by atoms with Crippen LogP contribution in [0.3, 0.4) is 0 Å². The standard InChI is InChI=1S/C20H22F3N3O2/c1-26-10-7-14(8-11-26)18(27)25-13-15-4-3-9-24-19(15)28-17-6-2-5-16(12-17)20(21,22)23/h2-6,9,12,14H,7-8,10-11,13H2,1H3,(H,25,27). The molecule has 1 aromatic heterocycles. The third kappa shape index (κ3) is 5.22. The van der Waals surface area contributed by atoms with Crippen molar-refractivity contribution in [3.63, 3.8) is 0 Å². The molecule has 2 heterocycles. The molecule has 28 heavy (non-hydrogen) atoms. The largest absolute Gasteiger partial charge is 0.439 e. The lowest BCUT2D eigenvalue weighted by molar-refractivity contribution is -0.137. The number of aromatic nitrogens is 1. The number of piperidine rings is 1. The molecule has 0 radical (unpaired) electrons. The molecule has 1 N–H and O–H groups in total. The molecule has 1 amide bonds. The summed E-state index contributed by atoms with van der Waals surface area (Å²) in [6, 6.07) is 8.04. The molecule has 0 bridgehead atoms. The molecule has 3 rings (SSSR count). The van der Waals surface area contributed by atoms with Crippen molar-refractivity contribution < 1.29 is 22.7 Å². The Hall–Kier alpha value is -2.61. The second-order valence-corrected chi connectivity index (χ2v) is 6.89. The first-order chi connectivity index (χ1) is 13.3. The summed E-state index contributed by atoms with van der Waals surface area (Å²) < 4.78 is 44.2. The molecule has 1 fully saturated rings. The van der Waals surface area contributed by atoms with Gasteiger partial charge in [0, 0.05) is 24.2 Å². The van der Waals surface area contributed by atoms with Crippen molar-refractivity contribution in [1.29, 1.82) is 0 Å². The Labute approximate surface area is 161 Å². The van der Waals surface area contributed by atoms with Crippen LogP contribution < -0.4 is 10.1 Å². The molecule has 0 saturated carbocycles. The average molecular weight is 393 g/mol. The third-order valence-electron chi connectivity index (χ3n) is 4.77. The normalized spacial score (nSPS) is 16.0. The predicted octanol–water partition coefficient (Wildman–Crippen LogP) is 3.85. The van der Waals surface area contributed by atoms with Gasteiger partial charge in [-0.15, -0.1) is 0 Å². The van der Waals surface area contributed by atoms with Crippen LogP contribution in [0.4, 0.5) is 13.2 Å². The number of nitrogens with zero attached hydrogens (tertiary/aromatic N) is 2. The summed E-state index contributed by atoms with van der Waals surface area (Å²) in [7, 11) is 2.03. The molecule has 1 aliphatic heterocycles. The molecule has 1 aliphatic rings. The maximum atomic E-state index is 12.9. The number of carbonyl (C=O) groups is 1. The Morgan fingerprint density at radius 2 is 2.00 bits per heavy atom. The molecule has 1 aromatic carbocycles. The minimum Gasteiger partial charge on any atom is -0.439 e. The lowest BCUT2D eigenvalue weighted by atomic mass is 9.96. The number of carbonyl (C=O) groups excluding carboxylic acids is 1. The van der Waals surface area contributed by atoms with Crippen molar-refractivity contribution in [2.24, 2.45) is 5.92 Å². The van der Waals surface area contributed by atoms with E-state index >= 15 is 0 Å². The van der Waals surface area contributed by atoms with Crippen molar-refractivity contribution >= 4 is 5.91 Å². The monoisotopic (exact) mass is 393 g/mol. The fourth-order valence-corrected chi connectivity index (χ4v) is 3.10. The summed E-state index contributed by atoms with van der Waals surface area (Å²) in [6.45, 7) is 1.97. The fraction of sp³-hybridized carbons (Fsp3) is 0.400. The van der Waals surface area contributed by atoms with E-state index < -0.39 is 11.7 Å². The molecule has 0 spiro atoms. The molecule has 1 saturated heterocycles. The highest BCUT2D eigenvalue weighted by atomic mass is 19.4. The van der Waals surface area contributed by atoms with Gasteiger partial charge >= 0.3 is 6.18 Å². The van der Waals surface area contributed by atoms with E-state index in [1.807, 2.05) is 7.05 Å². The van der Waals surface area contributed by atoms with Gasteiger partial charge in [0.25, 0.3) is 0 Å². The number of alkyl halides is 3. The van der Waals surface area contributed by atoms with Crippen molar-refractivity contribution in [3.8, 4) is 11.6 Å². The number of halogens is 3. The van der Waals surface area contributed by atoms with Gasteiger partial charge in [-0.05, 0) is 57.2 Å². The molecule has 5 nitrogen and oxygen atoms in total. The molecule has 0 aliphatic carbocycles. The van der Waals surface area contributed by atoms with E-state index in [1.54, 1.807) is 12.1 Å². The van der Waals surface area contributed by atoms with Crippen LogP contribution in [-0.4, -0.2) is 35.9 Å². The van der Waals surface area contributed by atoms with Crippen molar-refractivity contribution in [1.82, 2.24) is 15.2 Å². The first-order valence-electron chi connectivity index (χ1n) is 9.08. The Kier molecular flexibility index (Phi) is 6.18. The number of ether oxygens (including phenoxy) is 1. The van der Waals surface area contributed by atoms with E-state index in [2.05, 4.69) is 15.2 Å². The zero-order valence-electron chi connectivity index (χ0n) is 15.5. The highest BCUT2D eigenvalue weighted by Gasteiger charge is 2.30. The van der Waals surface area contributed by atoms with Gasteiger partial charge in [0.2, 0.25) is 11.8 Å². The molecule has 0 unspecified atom stereocenters. The number of hydrogen-bond acceptors (Lipinski definition) is 4. The number of nitrogens with one attached hydrogen (secondary N) is 1. The number of hydrogen-bond donors (Lipinski definition) is 1. The molecular formula is C20H22F3N3O2. The number of likely N-dealkylation sites (tertiary alicyclic amines) is 1. The highest BCUT2D eigenvalue weighted by Crippen LogP contribution is 2.33. The zero-order chi connectivity index (χ0) is 20.1. The second-order valence-electron chi connectivity index (χ2n) is 6.89. The number of rotatable bonds is 5. The molecule has 0 atom stereocenters. The van der Waals surface area contributed by atoms with Crippen molar-refractivity contribution in [3.05, 3.63) is 53.7 Å². The van der Waals surface area contributed by atoms with Crippen LogP contribution in [0.1, 0.15) is 24.0 Å². The summed E-state index contributed by atoms with van der Waals surface area (Å²) in [4.78, 5) is 18.7. The summed E-state index contributed by atoms with van der Waals surface area (Å²) in [5, 5.41) is 2.89. The molecule has 150 valence electrons. The molecule has 8 heteroatoms. The van der Waals surface area contributed by atoms with Crippen LogP contribution in [0.15, 0.2) is 42.6 Å². The average Bonchev–Trinajstić information content (AvgIpc) is 2.67. The van der Waals surface area contributed by atoms with Crippen LogP contribution in [0.2, 0.25) is 0 Å². The van der Waals surface area contributed by atoms with E-state index in [0.717, 1.165) is 38.1 Å². The van der Waals surface area contributed by atoms with Crippen LogP contribution in [0.25, 0.3) is 0 Å². The Bertz CT molecular complexity index is 818. The minimum atomic E-state index is -4.45. The van der Waals surface area contributed by atoms with Crippen LogP contribution in [-0.2, 0) is 17.5 Å². The molecular weight excluding hydrogens is 371 g/mol. The Morgan fingerprint density at radius 3 is 2.71 bits per heavy atom. The summed E-state index contributed by atoms with van der Waals surface area (Å²) >= 11 is 0. The van der Waals surface area contributed by atoms with Gasteiger partial charge in [-0.2, -0.15) is 13.2 Å². The Morgan fingerprint density at radius 1 is 1.25 bits per heavy atom. The lowest BCUT2D eigenvalue weighted by Crippen LogP contribution is -2.38. The van der Waals surface area contributed by atoms with E-state index in [9.17, 15) is 18.0 Å². The third-order valence-corrected chi connectivity index (χ3v) is 4.77. The van der Waals surface area contributed by atoms with E-state index in [-0.39, 0.29) is 30.0 Å². The smallest absolute Gasteiger partial charge is 0.416 e. The first-order valence-corrected chi connectivity index (χ1v) is 9.08. The van der Waals surface area contributed by atoms with Gasteiger partial charge in [0.05, 0.1) is 5.56 Å². The van der Waals surface area contributed by atoms with Crippen LogP contribution in [0.5, 0.6) is 11.6 Å². The van der Waals surface area contributed by atoms with E-state index in [0.29, 0.717) is 5.56 Å². The number of pyridine rings is 1. The van der Waals surface area contributed by atoms with Gasteiger partial charge < -0.3 is 15.0 Å². The van der Waals surface area contributed by atoms with E-state index in [1.165, 1.54) is 18.3 Å².